The molecule has 2 unspecified atom stereocenters. The standard InChI is InChI=1S/C21H30N2OS/c24-20(14-16-12-17-8-9-18(13-16)23-17)22-15-21(10-4-5-11-21)25-19-6-2-1-3-7-19/h1-3,6-7,16-18,23H,4-5,8-15H2,(H,22,24). The summed E-state index contributed by atoms with van der Waals surface area (Å²) in [7, 11) is 0. The molecule has 25 heavy (non-hydrogen) atoms. The minimum atomic E-state index is 0.199. The normalized spacial score (nSPS) is 30.3. The van der Waals surface area contributed by atoms with Crippen LogP contribution >= 0.6 is 11.8 Å². The molecule has 2 bridgehead atoms. The van der Waals surface area contributed by atoms with Crippen molar-refractivity contribution in [3.05, 3.63) is 30.3 Å². The van der Waals surface area contributed by atoms with Crippen LogP contribution in [0.25, 0.3) is 0 Å². The summed E-state index contributed by atoms with van der Waals surface area (Å²) in [6.45, 7) is 0.823. The van der Waals surface area contributed by atoms with Crippen molar-refractivity contribution in [1.82, 2.24) is 10.6 Å². The van der Waals surface area contributed by atoms with E-state index in [1.807, 2.05) is 11.8 Å². The van der Waals surface area contributed by atoms with Crippen LogP contribution < -0.4 is 10.6 Å². The fraction of sp³-hybridized carbons (Fsp3) is 0.667. The van der Waals surface area contributed by atoms with Gasteiger partial charge in [0.25, 0.3) is 0 Å². The van der Waals surface area contributed by atoms with Crippen LogP contribution in [-0.2, 0) is 4.79 Å². The van der Waals surface area contributed by atoms with Gasteiger partial charge in [-0.3, -0.25) is 4.79 Å². The van der Waals surface area contributed by atoms with Gasteiger partial charge in [-0.25, -0.2) is 0 Å². The molecule has 1 aliphatic carbocycles. The fourth-order valence-corrected chi connectivity index (χ4v) is 6.44. The topological polar surface area (TPSA) is 41.1 Å². The van der Waals surface area contributed by atoms with Crippen LogP contribution in [0.5, 0.6) is 0 Å². The highest BCUT2D eigenvalue weighted by molar-refractivity contribution is 8.00. The molecule has 2 heterocycles. The van der Waals surface area contributed by atoms with Crippen molar-refractivity contribution in [3.63, 3.8) is 0 Å². The van der Waals surface area contributed by atoms with Gasteiger partial charge in [0.15, 0.2) is 0 Å². The maximum atomic E-state index is 12.6. The Hall–Kier alpha value is -1.00. The number of piperidine rings is 1. The zero-order valence-corrected chi connectivity index (χ0v) is 15.8. The van der Waals surface area contributed by atoms with E-state index in [1.165, 1.54) is 56.3 Å². The Balaban J connectivity index is 1.30. The van der Waals surface area contributed by atoms with E-state index >= 15 is 0 Å². The Morgan fingerprint density at radius 2 is 1.80 bits per heavy atom. The van der Waals surface area contributed by atoms with Crippen molar-refractivity contribution in [3.8, 4) is 0 Å². The number of thioether (sulfide) groups is 1. The lowest BCUT2D eigenvalue weighted by molar-refractivity contribution is -0.122. The molecule has 1 saturated carbocycles. The Morgan fingerprint density at radius 1 is 1.12 bits per heavy atom. The van der Waals surface area contributed by atoms with E-state index in [1.54, 1.807) is 0 Å². The van der Waals surface area contributed by atoms with Crippen molar-refractivity contribution < 1.29 is 4.79 Å². The van der Waals surface area contributed by atoms with Gasteiger partial charge in [0.2, 0.25) is 5.91 Å². The SMILES string of the molecule is O=C(CC1CC2CCC(C1)N2)NCC1(Sc2ccccc2)CCCC1. The first-order valence-electron chi connectivity index (χ1n) is 9.98. The molecule has 3 aliphatic rings. The number of carbonyl (C=O) groups excluding carboxylic acids is 1. The summed E-state index contributed by atoms with van der Waals surface area (Å²) in [5.74, 6) is 0.853. The number of carbonyl (C=O) groups is 1. The average molecular weight is 359 g/mol. The molecule has 0 aromatic heterocycles. The summed E-state index contributed by atoms with van der Waals surface area (Å²) in [5.41, 5.74) is 0. The molecule has 1 aromatic carbocycles. The van der Waals surface area contributed by atoms with Crippen LogP contribution in [0.4, 0.5) is 0 Å². The minimum absolute atomic E-state index is 0.199. The second-order valence-corrected chi connectivity index (χ2v) is 9.80. The van der Waals surface area contributed by atoms with E-state index in [4.69, 9.17) is 0 Å². The molecule has 2 aliphatic heterocycles. The lowest BCUT2D eigenvalue weighted by Crippen LogP contribution is -2.42. The molecule has 2 atom stereocenters. The average Bonchev–Trinajstić information content (AvgIpc) is 3.21. The first-order valence-corrected chi connectivity index (χ1v) is 10.8. The first-order chi connectivity index (χ1) is 12.2. The number of amides is 1. The molecular formula is C21H30N2OS. The van der Waals surface area contributed by atoms with E-state index in [-0.39, 0.29) is 10.7 Å². The molecule has 0 radical (unpaired) electrons. The van der Waals surface area contributed by atoms with Gasteiger partial charge in [-0.2, -0.15) is 0 Å². The zero-order valence-electron chi connectivity index (χ0n) is 15.0. The lowest BCUT2D eigenvalue weighted by Gasteiger charge is -2.31. The Bertz CT molecular complexity index is 573. The Morgan fingerprint density at radius 3 is 2.48 bits per heavy atom. The number of hydrogen-bond donors (Lipinski definition) is 2. The molecule has 1 aromatic rings. The lowest BCUT2D eigenvalue weighted by atomic mass is 9.89. The number of hydrogen-bond acceptors (Lipinski definition) is 3. The van der Waals surface area contributed by atoms with Crippen molar-refractivity contribution in [1.29, 1.82) is 0 Å². The van der Waals surface area contributed by atoms with E-state index in [9.17, 15) is 4.79 Å². The molecule has 3 nitrogen and oxygen atoms in total. The van der Waals surface area contributed by atoms with E-state index in [2.05, 4.69) is 41.0 Å². The van der Waals surface area contributed by atoms with Gasteiger partial charge in [-0.05, 0) is 56.6 Å². The molecular weight excluding hydrogens is 328 g/mol. The van der Waals surface area contributed by atoms with Crippen LogP contribution in [0, 0.1) is 5.92 Å². The number of benzene rings is 1. The third kappa shape index (κ3) is 4.40. The van der Waals surface area contributed by atoms with E-state index < -0.39 is 0 Å². The van der Waals surface area contributed by atoms with E-state index in [0.29, 0.717) is 18.0 Å². The molecule has 4 heteroatoms. The number of fused-ring (bicyclic) bond motifs is 2. The van der Waals surface area contributed by atoms with Crippen molar-refractivity contribution in [2.24, 2.45) is 5.92 Å². The highest BCUT2D eigenvalue weighted by Gasteiger charge is 2.37. The smallest absolute Gasteiger partial charge is 0.220 e. The summed E-state index contributed by atoms with van der Waals surface area (Å²) in [6, 6.07) is 12.0. The second-order valence-electron chi connectivity index (χ2n) is 8.26. The quantitative estimate of drug-likeness (QED) is 0.803. The van der Waals surface area contributed by atoms with Crippen LogP contribution in [0.3, 0.4) is 0 Å². The molecule has 0 spiro atoms. The highest BCUT2D eigenvalue weighted by atomic mass is 32.2. The summed E-state index contributed by atoms with van der Waals surface area (Å²) in [5, 5.41) is 6.97. The van der Waals surface area contributed by atoms with Crippen LogP contribution in [0.15, 0.2) is 35.2 Å². The zero-order chi connectivity index (χ0) is 17.1. The maximum absolute atomic E-state index is 12.6. The van der Waals surface area contributed by atoms with Gasteiger partial charge in [-0.15, -0.1) is 11.8 Å². The van der Waals surface area contributed by atoms with Gasteiger partial charge >= 0.3 is 0 Å². The van der Waals surface area contributed by atoms with Gasteiger partial charge in [0.05, 0.1) is 0 Å². The van der Waals surface area contributed by atoms with Gasteiger partial charge in [0, 0.05) is 34.7 Å². The highest BCUT2D eigenvalue weighted by Crippen LogP contribution is 2.44. The predicted molar refractivity (Wildman–Crippen MR) is 104 cm³/mol. The molecule has 1 amide bonds. The molecule has 4 rings (SSSR count). The van der Waals surface area contributed by atoms with Gasteiger partial charge in [-0.1, -0.05) is 31.0 Å². The van der Waals surface area contributed by atoms with Crippen LogP contribution in [-0.4, -0.2) is 29.3 Å². The summed E-state index contributed by atoms with van der Waals surface area (Å²) in [4.78, 5) is 13.9. The molecule has 2 saturated heterocycles. The monoisotopic (exact) mass is 358 g/mol. The van der Waals surface area contributed by atoms with Gasteiger partial charge in [0.1, 0.15) is 0 Å². The summed E-state index contributed by atoms with van der Waals surface area (Å²) in [6.07, 6.45) is 10.7. The van der Waals surface area contributed by atoms with Crippen molar-refractivity contribution in [2.45, 2.75) is 79.5 Å². The molecule has 3 fully saturated rings. The predicted octanol–water partition coefficient (Wildman–Crippen LogP) is 4.13. The van der Waals surface area contributed by atoms with Crippen molar-refractivity contribution >= 4 is 17.7 Å². The Labute approximate surface area is 155 Å². The third-order valence-electron chi connectivity index (χ3n) is 6.24. The fourth-order valence-electron chi connectivity index (χ4n) is 5.01. The largest absolute Gasteiger partial charge is 0.355 e. The second kappa shape index (κ2) is 7.71. The Kier molecular flexibility index (Phi) is 5.37. The maximum Gasteiger partial charge on any atom is 0.220 e. The third-order valence-corrected chi connectivity index (χ3v) is 7.74. The van der Waals surface area contributed by atoms with Gasteiger partial charge < -0.3 is 10.6 Å². The van der Waals surface area contributed by atoms with Crippen LogP contribution in [0.2, 0.25) is 0 Å². The van der Waals surface area contributed by atoms with Crippen LogP contribution in [0.1, 0.15) is 57.8 Å². The summed E-state index contributed by atoms with van der Waals surface area (Å²) < 4.78 is 0.199. The minimum Gasteiger partial charge on any atom is -0.355 e. The summed E-state index contributed by atoms with van der Waals surface area (Å²) >= 11 is 1.97. The van der Waals surface area contributed by atoms with E-state index in [0.717, 1.165) is 13.0 Å². The molecule has 136 valence electrons. The number of rotatable bonds is 6. The number of nitrogens with one attached hydrogen (secondary N) is 2. The van der Waals surface area contributed by atoms with Crippen molar-refractivity contribution in [2.75, 3.05) is 6.54 Å². The first kappa shape index (κ1) is 17.4. The molecule has 2 N–H and O–H groups in total.